The van der Waals surface area contributed by atoms with Crippen molar-refractivity contribution < 1.29 is 28.8 Å². The summed E-state index contributed by atoms with van der Waals surface area (Å²) in [5, 5.41) is 14.0. The van der Waals surface area contributed by atoms with Gasteiger partial charge in [-0.25, -0.2) is 0 Å². The van der Waals surface area contributed by atoms with Gasteiger partial charge < -0.3 is 14.8 Å². The minimum Gasteiger partial charge on any atom is -0.487 e. The van der Waals surface area contributed by atoms with Gasteiger partial charge in [-0.1, -0.05) is 23.7 Å². The summed E-state index contributed by atoms with van der Waals surface area (Å²) >= 11 is 6.12. The van der Waals surface area contributed by atoms with Crippen LogP contribution >= 0.6 is 11.6 Å². The number of hydrogen-bond donors (Lipinski definition) is 1. The second-order valence-electron chi connectivity index (χ2n) is 6.16. The van der Waals surface area contributed by atoms with E-state index in [4.69, 9.17) is 21.1 Å². The molecule has 0 spiro atoms. The molecule has 0 bridgehead atoms. The van der Waals surface area contributed by atoms with Gasteiger partial charge in [0.05, 0.1) is 27.8 Å². The summed E-state index contributed by atoms with van der Waals surface area (Å²) in [5.41, 5.74) is -0.691. The zero-order chi connectivity index (χ0) is 21.8. The maximum absolute atomic E-state index is 12.6. The molecule has 0 aliphatic carbocycles. The van der Waals surface area contributed by atoms with Crippen LogP contribution in [-0.4, -0.2) is 54.4 Å². The number of amides is 3. The fourth-order valence-corrected chi connectivity index (χ4v) is 3.15. The van der Waals surface area contributed by atoms with Crippen LogP contribution in [-0.2, 0) is 9.53 Å². The Morgan fingerprint density at radius 1 is 1.17 bits per heavy atom. The molecule has 0 saturated carbocycles. The first-order valence-electron chi connectivity index (χ1n) is 8.68. The van der Waals surface area contributed by atoms with Crippen LogP contribution in [0.5, 0.6) is 5.75 Å². The SMILES string of the molecule is COCCOc1c(Cl)cccc1NC(=O)CN1C(=O)c2cccc([N+](=O)[O-])c2C1=O. The minimum absolute atomic E-state index is 0.117. The molecule has 2 aromatic rings. The van der Waals surface area contributed by atoms with E-state index >= 15 is 0 Å². The molecular weight excluding hydrogens is 418 g/mol. The Kier molecular flexibility index (Phi) is 6.28. The predicted octanol–water partition coefficient (Wildman–Crippen LogP) is 2.51. The molecule has 30 heavy (non-hydrogen) atoms. The quantitative estimate of drug-likeness (QED) is 0.293. The number of nitrogens with one attached hydrogen (secondary N) is 1. The number of carbonyl (C=O) groups is 3. The molecule has 1 aliphatic heterocycles. The highest BCUT2D eigenvalue weighted by atomic mass is 35.5. The van der Waals surface area contributed by atoms with Crippen molar-refractivity contribution in [3.8, 4) is 5.75 Å². The van der Waals surface area contributed by atoms with E-state index in [1.54, 1.807) is 18.2 Å². The fraction of sp³-hybridized carbons (Fsp3) is 0.211. The van der Waals surface area contributed by atoms with Gasteiger partial charge in [-0.3, -0.25) is 29.4 Å². The molecule has 0 atom stereocenters. The summed E-state index contributed by atoms with van der Waals surface area (Å²) in [6, 6.07) is 8.44. The van der Waals surface area contributed by atoms with Crippen LogP contribution in [0, 0.1) is 10.1 Å². The number of fused-ring (bicyclic) bond motifs is 1. The number of carbonyl (C=O) groups excluding carboxylic acids is 3. The third-order valence-corrected chi connectivity index (χ3v) is 4.55. The summed E-state index contributed by atoms with van der Waals surface area (Å²) in [4.78, 5) is 48.7. The molecule has 10 nitrogen and oxygen atoms in total. The van der Waals surface area contributed by atoms with Crippen molar-refractivity contribution in [1.82, 2.24) is 4.90 Å². The van der Waals surface area contributed by atoms with Crippen molar-refractivity contribution in [3.05, 3.63) is 62.7 Å². The number of rotatable bonds is 8. The molecule has 0 radical (unpaired) electrons. The van der Waals surface area contributed by atoms with Gasteiger partial charge >= 0.3 is 0 Å². The van der Waals surface area contributed by atoms with Gasteiger partial charge in [-0.15, -0.1) is 0 Å². The van der Waals surface area contributed by atoms with Gasteiger partial charge in [0.15, 0.2) is 5.75 Å². The Hall–Kier alpha value is -3.50. The lowest BCUT2D eigenvalue weighted by Gasteiger charge is -2.16. The van der Waals surface area contributed by atoms with Gasteiger partial charge in [0.2, 0.25) is 5.91 Å². The molecule has 156 valence electrons. The van der Waals surface area contributed by atoms with Crippen molar-refractivity contribution in [2.75, 3.05) is 32.2 Å². The molecular formula is C19H16ClN3O7. The monoisotopic (exact) mass is 433 g/mol. The normalized spacial score (nSPS) is 12.7. The van der Waals surface area contributed by atoms with E-state index in [2.05, 4.69) is 5.32 Å². The molecule has 1 heterocycles. The average molecular weight is 434 g/mol. The molecule has 0 unspecified atom stereocenters. The Morgan fingerprint density at radius 2 is 1.90 bits per heavy atom. The number of hydrogen-bond acceptors (Lipinski definition) is 7. The van der Waals surface area contributed by atoms with E-state index in [0.29, 0.717) is 11.5 Å². The van der Waals surface area contributed by atoms with Crippen LogP contribution < -0.4 is 10.1 Å². The second kappa shape index (κ2) is 8.89. The Morgan fingerprint density at radius 3 is 2.60 bits per heavy atom. The molecule has 3 amide bonds. The number of anilines is 1. The molecule has 1 aliphatic rings. The molecule has 0 fully saturated rings. The first kappa shape index (κ1) is 21.2. The van der Waals surface area contributed by atoms with Gasteiger partial charge in [0, 0.05) is 13.2 Å². The standard InChI is InChI=1S/C19H16ClN3O7/c1-29-8-9-30-17-12(20)5-3-6-13(17)21-15(24)10-22-18(25)11-4-2-7-14(23(27)28)16(11)19(22)26/h2-7H,8-10H2,1H3,(H,21,24). The smallest absolute Gasteiger partial charge is 0.282 e. The van der Waals surface area contributed by atoms with Crippen LogP contribution in [0.15, 0.2) is 36.4 Å². The van der Waals surface area contributed by atoms with Crippen molar-refractivity contribution in [2.45, 2.75) is 0 Å². The lowest BCUT2D eigenvalue weighted by atomic mass is 10.1. The van der Waals surface area contributed by atoms with Crippen LogP contribution in [0.3, 0.4) is 0 Å². The van der Waals surface area contributed by atoms with E-state index in [1.807, 2.05) is 0 Å². The van der Waals surface area contributed by atoms with Crippen LogP contribution in [0.2, 0.25) is 5.02 Å². The first-order chi connectivity index (χ1) is 14.3. The lowest BCUT2D eigenvalue weighted by Crippen LogP contribution is -2.37. The molecule has 1 N–H and O–H groups in total. The molecule has 0 saturated heterocycles. The topological polar surface area (TPSA) is 128 Å². The summed E-state index contributed by atoms with van der Waals surface area (Å²) in [6.07, 6.45) is 0. The number of halogens is 1. The Balaban J connectivity index is 1.77. The molecule has 3 rings (SSSR count). The summed E-state index contributed by atoms with van der Waals surface area (Å²) in [5.74, 6) is -2.18. The number of para-hydroxylation sites is 1. The van der Waals surface area contributed by atoms with Crippen LogP contribution in [0.4, 0.5) is 11.4 Å². The average Bonchev–Trinajstić information content (AvgIpc) is 2.95. The van der Waals surface area contributed by atoms with Crippen LogP contribution in [0.25, 0.3) is 0 Å². The van der Waals surface area contributed by atoms with Crippen LogP contribution in [0.1, 0.15) is 20.7 Å². The van der Waals surface area contributed by atoms with E-state index in [9.17, 15) is 24.5 Å². The van der Waals surface area contributed by atoms with E-state index in [1.165, 1.54) is 19.2 Å². The number of nitrogens with zero attached hydrogens (tertiary/aromatic N) is 2. The fourth-order valence-electron chi connectivity index (χ4n) is 2.93. The number of methoxy groups -OCH3 is 1. The summed E-state index contributed by atoms with van der Waals surface area (Å²) < 4.78 is 10.4. The Bertz CT molecular complexity index is 1040. The van der Waals surface area contributed by atoms with E-state index < -0.39 is 34.9 Å². The van der Waals surface area contributed by atoms with Crippen molar-refractivity contribution in [3.63, 3.8) is 0 Å². The van der Waals surface area contributed by atoms with Gasteiger partial charge in [0.1, 0.15) is 18.7 Å². The van der Waals surface area contributed by atoms with E-state index in [0.717, 1.165) is 6.07 Å². The van der Waals surface area contributed by atoms with Crippen molar-refractivity contribution in [1.29, 1.82) is 0 Å². The zero-order valence-electron chi connectivity index (χ0n) is 15.7. The van der Waals surface area contributed by atoms with Gasteiger partial charge in [-0.05, 0) is 18.2 Å². The van der Waals surface area contributed by atoms with Gasteiger partial charge in [0.25, 0.3) is 17.5 Å². The summed E-state index contributed by atoms with van der Waals surface area (Å²) in [7, 11) is 1.51. The lowest BCUT2D eigenvalue weighted by molar-refractivity contribution is -0.385. The Labute approximate surface area is 175 Å². The zero-order valence-corrected chi connectivity index (χ0v) is 16.5. The van der Waals surface area contributed by atoms with Gasteiger partial charge in [-0.2, -0.15) is 0 Å². The number of ether oxygens (including phenoxy) is 2. The predicted molar refractivity (Wildman–Crippen MR) is 106 cm³/mol. The molecule has 11 heteroatoms. The number of benzene rings is 2. The maximum atomic E-state index is 12.6. The second-order valence-corrected chi connectivity index (χ2v) is 6.57. The largest absolute Gasteiger partial charge is 0.487 e. The third-order valence-electron chi connectivity index (χ3n) is 4.25. The highest BCUT2D eigenvalue weighted by Gasteiger charge is 2.41. The van der Waals surface area contributed by atoms with Crippen molar-refractivity contribution in [2.24, 2.45) is 0 Å². The molecule has 0 aromatic heterocycles. The first-order valence-corrected chi connectivity index (χ1v) is 9.06. The van der Waals surface area contributed by atoms with Crippen molar-refractivity contribution >= 4 is 40.7 Å². The minimum atomic E-state index is -0.903. The number of nitro benzene ring substituents is 1. The molecule has 2 aromatic carbocycles. The van der Waals surface area contributed by atoms with E-state index in [-0.39, 0.29) is 34.2 Å². The highest BCUT2D eigenvalue weighted by molar-refractivity contribution is 6.32. The summed E-state index contributed by atoms with van der Waals surface area (Å²) in [6.45, 7) is -0.148. The number of nitro groups is 1. The highest BCUT2D eigenvalue weighted by Crippen LogP contribution is 2.33. The third kappa shape index (κ3) is 4.09. The number of imide groups is 1. The maximum Gasteiger partial charge on any atom is 0.282 e.